The second-order valence-corrected chi connectivity index (χ2v) is 10.3. The fourth-order valence-electron chi connectivity index (χ4n) is 5.29. The first kappa shape index (κ1) is 26.3. The number of rotatable bonds is 8. The first-order valence-corrected chi connectivity index (χ1v) is 12.4. The maximum absolute atomic E-state index is 13.6. The minimum absolute atomic E-state index is 0.0135. The van der Waals surface area contributed by atoms with Crippen molar-refractivity contribution in [2.75, 3.05) is 27.9 Å². The Balaban J connectivity index is 1.77. The Bertz CT molecular complexity index is 1230. The van der Waals surface area contributed by atoms with E-state index in [-0.39, 0.29) is 17.8 Å². The third-order valence-corrected chi connectivity index (χ3v) is 6.95. The van der Waals surface area contributed by atoms with Crippen LogP contribution in [0.15, 0.2) is 65.0 Å². The van der Waals surface area contributed by atoms with Crippen molar-refractivity contribution >= 4 is 11.8 Å². The van der Waals surface area contributed by atoms with Crippen molar-refractivity contribution in [2.24, 2.45) is 5.41 Å². The Hall–Kier alpha value is -3.74. The van der Waals surface area contributed by atoms with E-state index in [0.29, 0.717) is 58.9 Å². The van der Waals surface area contributed by atoms with Gasteiger partial charge in [-0.05, 0) is 42.0 Å². The SMILES string of the molecule is COc1cc([C@H]2C(C(=O)OCCc3ccccc3)=C(C)NC3=C2C(=O)CC(C)(C)C3)cc(OC)c1OC. The lowest BCUT2D eigenvalue weighted by Crippen LogP contribution is -2.38. The minimum atomic E-state index is -0.627. The number of ether oxygens (including phenoxy) is 4. The molecule has 0 saturated heterocycles. The zero-order valence-corrected chi connectivity index (χ0v) is 22.4. The number of carbonyl (C=O) groups is 2. The van der Waals surface area contributed by atoms with Crippen LogP contribution in [0.5, 0.6) is 17.2 Å². The number of allylic oxidation sites excluding steroid dienone is 3. The Morgan fingerprint density at radius 1 is 1.00 bits per heavy atom. The number of carbonyl (C=O) groups excluding carboxylic acids is 2. The number of benzene rings is 2. The molecule has 0 fully saturated rings. The predicted molar refractivity (Wildman–Crippen MR) is 141 cm³/mol. The van der Waals surface area contributed by atoms with Crippen LogP contribution >= 0.6 is 0 Å². The number of esters is 1. The van der Waals surface area contributed by atoms with E-state index in [1.54, 1.807) is 26.4 Å². The predicted octanol–water partition coefficient (Wildman–Crippen LogP) is 5.10. The van der Waals surface area contributed by atoms with Crippen molar-refractivity contribution in [1.29, 1.82) is 0 Å². The monoisotopic (exact) mass is 505 g/mol. The van der Waals surface area contributed by atoms with E-state index < -0.39 is 11.9 Å². The van der Waals surface area contributed by atoms with Crippen LogP contribution in [0, 0.1) is 5.41 Å². The van der Waals surface area contributed by atoms with Crippen LogP contribution in [-0.2, 0) is 20.7 Å². The van der Waals surface area contributed by atoms with Gasteiger partial charge in [-0.3, -0.25) is 4.79 Å². The van der Waals surface area contributed by atoms with Crippen LogP contribution < -0.4 is 19.5 Å². The van der Waals surface area contributed by atoms with Crippen LogP contribution in [0.3, 0.4) is 0 Å². The molecule has 196 valence electrons. The van der Waals surface area contributed by atoms with Crippen molar-refractivity contribution in [3.05, 3.63) is 76.1 Å². The van der Waals surface area contributed by atoms with E-state index in [0.717, 1.165) is 11.3 Å². The molecule has 7 heteroatoms. The van der Waals surface area contributed by atoms with Gasteiger partial charge in [0.2, 0.25) is 5.75 Å². The topological polar surface area (TPSA) is 83.1 Å². The molecule has 0 saturated carbocycles. The van der Waals surface area contributed by atoms with Crippen molar-refractivity contribution in [3.63, 3.8) is 0 Å². The summed E-state index contributed by atoms with van der Waals surface area (Å²) in [5, 5.41) is 3.37. The summed E-state index contributed by atoms with van der Waals surface area (Å²) in [6, 6.07) is 13.5. The molecule has 2 aromatic carbocycles. The number of hydrogen-bond acceptors (Lipinski definition) is 7. The second-order valence-electron chi connectivity index (χ2n) is 10.3. The lowest BCUT2D eigenvalue weighted by molar-refractivity contribution is -0.139. The summed E-state index contributed by atoms with van der Waals surface area (Å²) >= 11 is 0. The Labute approximate surface area is 218 Å². The quantitative estimate of drug-likeness (QED) is 0.500. The first-order chi connectivity index (χ1) is 17.7. The van der Waals surface area contributed by atoms with Gasteiger partial charge in [-0.2, -0.15) is 0 Å². The van der Waals surface area contributed by atoms with E-state index >= 15 is 0 Å². The summed E-state index contributed by atoms with van der Waals surface area (Å²) in [5.41, 5.74) is 4.12. The van der Waals surface area contributed by atoms with Crippen molar-refractivity contribution < 1.29 is 28.5 Å². The molecule has 1 aliphatic heterocycles. The molecule has 7 nitrogen and oxygen atoms in total. The number of dihydropyridines is 1. The van der Waals surface area contributed by atoms with Crippen LogP contribution in [-0.4, -0.2) is 39.7 Å². The highest BCUT2D eigenvalue weighted by Gasteiger charge is 2.43. The van der Waals surface area contributed by atoms with Gasteiger partial charge < -0.3 is 24.3 Å². The number of Topliss-reactive ketones (excluding diaryl/α,β-unsaturated/α-hetero) is 1. The summed E-state index contributed by atoms with van der Waals surface area (Å²) in [6.45, 7) is 6.25. The molecule has 0 unspecified atom stereocenters. The molecule has 1 aliphatic carbocycles. The highest BCUT2D eigenvalue weighted by atomic mass is 16.5. The Kier molecular flexibility index (Phi) is 7.62. The van der Waals surface area contributed by atoms with Gasteiger partial charge in [0.05, 0.1) is 33.5 Å². The molecule has 0 spiro atoms. The second kappa shape index (κ2) is 10.7. The summed E-state index contributed by atoms with van der Waals surface area (Å²) in [4.78, 5) is 27.2. The van der Waals surface area contributed by atoms with Crippen LogP contribution in [0.25, 0.3) is 0 Å². The van der Waals surface area contributed by atoms with Gasteiger partial charge in [0, 0.05) is 35.7 Å². The highest BCUT2D eigenvalue weighted by molar-refractivity contribution is 6.04. The highest BCUT2D eigenvalue weighted by Crippen LogP contribution is 2.49. The van der Waals surface area contributed by atoms with Gasteiger partial charge in [0.1, 0.15) is 0 Å². The van der Waals surface area contributed by atoms with Crippen LogP contribution in [0.4, 0.5) is 0 Å². The van der Waals surface area contributed by atoms with E-state index in [1.165, 1.54) is 7.11 Å². The van der Waals surface area contributed by atoms with Gasteiger partial charge in [-0.1, -0.05) is 44.2 Å². The largest absolute Gasteiger partial charge is 0.493 e. The fraction of sp³-hybridized carbons (Fsp3) is 0.400. The molecule has 0 amide bonds. The minimum Gasteiger partial charge on any atom is -0.493 e. The molecule has 37 heavy (non-hydrogen) atoms. The van der Waals surface area contributed by atoms with E-state index in [9.17, 15) is 9.59 Å². The standard InChI is InChI=1S/C30H35NO6/c1-18-25(29(33)37-13-12-19-10-8-7-9-11-19)26(27-21(31-18)16-30(2,3)17-22(27)32)20-14-23(34-4)28(36-6)24(15-20)35-5/h7-11,14-15,26,31H,12-13,16-17H2,1-6H3/t26-/m0/s1. The fourth-order valence-corrected chi connectivity index (χ4v) is 5.29. The van der Waals surface area contributed by atoms with Gasteiger partial charge >= 0.3 is 5.97 Å². The van der Waals surface area contributed by atoms with E-state index in [1.807, 2.05) is 37.3 Å². The third-order valence-electron chi connectivity index (χ3n) is 6.95. The molecule has 0 aromatic heterocycles. The summed E-state index contributed by atoms with van der Waals surface area (Å²) < 4.78 is 22.4. The van der Waals surface area contributed by atoms with Crippen molar-refractivity contribution in [2.45, 2.75) is 46.0 Å². The third kappa shape index (κ3) is 5.36. The molecule has 1 N–H and O–H groups in total. The lowest BCUT2D eigenvalue weighted by Gasteiger charge is -2.39. The van der Waals surface area contributed by atoms with Gasteiger partial charge in [0.25, 0.3) is 0 Å². The smallest absolute Gasteiger partial charge is 0.336 e. The zero-order chi connectivity index (χ0) is 26.7. The first-order valence-electron chi connectivity index (χ1n) is 12.4. The maximum atomic E-state index is 13.6. The summed E-state index contributed by atoms with van der Waals surface area (Å²) in [6.07, 6.45) is 1.69. The zero-order valence-electron chi connectivity index (χ0n) is 22.4. The molecule has 2 aliphatic rings. The molecular weight excluding hydrogens is 470 g/mol. The summed E-state index contributed by atoms with van der Waals surface area (Å²) in [7, 11) is 4.63. The maximum Gasteiger partial charge on any atom is 0.336 e. The van der Waals surface area contributed by atoms with Gasteiger partial charge in [-0.15, -0.1) is 0 Å². The normalized spacial score (nSPS) is 18.6. The van der Waals surface area contributed by atoms with Crippen molar-refractivity contribution in [1.82, 2.24) is 5.32 Å². The summed E-state index contributed by atoms with van der Waals surface area (Å²) in [5.74, 6) is 0.285. The average Bonchev–Trinajstić information content (AvgIpc) is 2.86. The van der Waals surface area contributed by atoms with Crippen molar-refractivity contribution in [3.8, 4) is 17.2 Å². The number of nitrogens with one attached hydrogen (secondary N) is 1. The van der Waals surface area contributed by atoms with Gasteiger partial charge in [0.15, 0.2) is 17.3 Å². The van der Waals surface area contributed by atoms with Gasteiger partial charge in [-0.25, -0.2) is 4.79 Å². The Morgan fingerprint density at radius 2 is 1.65 bits per heavy atom. The van der Waals surface area contributed by atoms with E-state index in [4.69, 9.17) is 18.9 Å². The molecule has 4 rings (SSSR count). The number of hydrogen-bond donors (Lipinski definition) is 1. The number of ketones is 1. The van der Waals surface area contributed by atoms with E-state index in [2.05, 4.69) is 19.2 Å². The Morgan fingerprint density at radius 3 is 2.24 bits per heavy atom. The van der Waals surface area contributed by atoms with Crippen LogP contribution in [0.1, 0.15) is 50.7 Å². The molecule has 0 radical (unpaired) electrons. The molecule has 0 bridgehead atoms. The number of methoxy groups -OCH3 is 3. The van der Waals surface area contributed by atoms with Crippen LogP contribution in [0.2, 0.25) is 0 Å². The molecular formula is C30H35NO6. The molecule has 1 heterocycles. The lowest BCUT2D eigenvalue weighted by atomic mass is 9.68. The molecule has 2 aromatic rings. The average molecular weight is 506 g/mol. The molecule has 1 atom stereocenters.